The number of ether oxygens (including phenoxy) is 2. The first-order chi connectivity index (χ1) is 14.0. The van der Waals surface area contributed by atoms with Crippen molar-refractivity contribution in [3.05, 3.63) is 34.4 Å². The molecule has 3 atom stereocenters. The molecule has 164 valence electrons. The quantitative estimate of drug-likeness (QED) is 0.434. The third-order valence-corrected chi connectivity index (χ3v) is 5.67. The number of hydrogen-bond donors (Lipinski definition) is 5. The molecule has 0 bridgehead atoms. The third-order valence-electron chi connectivity index (χ3n) is 5.67. The van der Waals surface area contributed by atoms with E-state index in [9.17, 15) is 30.0 Å². The van der Waals surface area contributed by atoms with Gasteiger partial charge in [0.1, 0.15) is 23.2 Å². The number of rotatable bonds is 5. The van der Waals surface area contributed by atoms with Crippen molar-refractivity contribution in [1.82, 2.24) is 0 Å². The van der Waals surface area contributed by atoms with Gasteiger partial charge in [0.05, 0.1) is 6.61 Å². The van der Waals surface area contributed by atoms with Crippen LogP contribution in [0.3, 0.4) is 0 Å². The summed E-state index contributed by atoms with van der Waals surface area (Å²) in [5.41, 5.74) is -1.17. The number of aliphatic hydroxyl groups excluding tert-OH is 1. The maximum Gasteiger partial charge on any atom is 0.342 e. The molecule has 1 heterocycles. The standard InChI is InChI=1S/C21H26O9/c1-11-6-13(23)8-15(24)17(11)19(26)30-16-7-12-9-21(28,4-3-5-22)29-10-14(12)18(25)20(16,2)27/h6,8,16,22-24,27-28H,3-5,7,9-10H2,1-2H3/t16-,20-,21-/m1/s1. The minimum Gasteiger partial charge on any atom is -0.508 e. The van der Waals surface area contributed by atoms with Crippen molar-refractivity contribution in [3.8, 4) is 11.5 Å². The lowest BCUT2D eigenvalue weighted by Gasteiger charge is -2.42. The maximum atomic E-state index is 12.8. The van der Waals surface area contributed by atoms with Gasteiger partial charge in [-0.15, -0.1) is 0 Å². The topological polar surface area (TPSA) is 154 Å². The summed E-state index contributed by atoms with van der Waals surface area (Å²) in [5, 5.41) is 49.9. The number of carbonyl (C=O) groups is 2. The van der Waals surface area contributed by atoms with Gasteiger partial charge in [-0.1, -0.05) is 5.57 Å². The highest BCUT2D eigenvalue weighted by molar-refractivity contribution is 6.04. The Morgan fingerprint density at radius 3 is 2.63 bits per heavy atom. The van der Waals surface area contributed by atoms with Crippen molar-refractivity contribution >= 4 is 11.8 Å². The SMILES string of the molecule is Cc1cc(O)cc(O)c1C(=O)O[C@@H]1CC2=C(CO[C@](O)(CCCO)C2)C(=O)[C@]1(C)O. The van der Waals surface area contributed by atoms with E-state index < -0.39 is 35.0 Å². The average molecular weight is 422 g/mol. The van der Waals surface area contributed by atoms with Gasteiger partial charge < -0.3 is 35.0 Å². The molecule has 0 saturated carbocycles. The number of phenolic OH excluding ortho intramolecular Hbond substituents is 2. The second-order valence-electron chi connectivity index (χ2n) is 8.05. The highest BCUT2D eigenvalue weighted by Crippen LogP contribution is 2.41. The van der Waals surface area contributed by atoms with E-state index in [0.29, 0.717) is 12.0 Å². The van der Waals surface area contributed by atoms with E-state index >= 15 is 0 Å². The molecule has 5 N–H and O–H groups in total. The fourth-order valence-electron chi connectivity index (χ4n) is 3.97. The lowest BCUT2D eigenvalue weighted by Crippen LogP contribution is -2.55. The molecule has 2 aliphatic rings. The first-order valence-electron chi connectivity index (χ1n) is 9.67. The zero-order valence-corrected chi connectivity index (χ0v) is 16.8. The molecule has 1 aromatic carbocycles. The fraction of sp³-hybridized carbons (Fsp3) is 0.524. The highest BCUT2D eigenvalue weighted by atomic mass is 16.6. The summed E-state index contributed by atoms with van der Waals surface area (Å²) in [6.07, 6.45) is -0.785. The summed E-state index contributed by atoms with van der Waals surface area (Å²) in [7, 11) is 0. The Morgan fingerprint density at radius 1 is 1.30 bits per heavy atom. The number of ketones is 1. The summed E-state index contributed by atoms with van der Waals surface area (Å²) < 4.78 is 10.8. The van der Waals surface area contributed by atoms with Gasteiger partial charge in [-0.2, -0.15) is 0 Å². The van der Waals surface area contributed by atoms with Crippen LogP contribution in [0, 0.1) is 6.92 Å². The van der Waals surface area contributed by atoms with Crippen molar-refractivity contribution in [2.45, 2.75) is 57.0 Å². The van der Waals surface area contributed by atoms with Crippen molar-refractivity contribution in [3.63, 3.8) is 0 Å². The number of hydrogen-bond acceptors (Lipinski definition) is 9. The Labute approximate surface area is 173 Å². The minimum absolute atomic E-state index is 0.00248. The van der Waals surface area contributed by atoms with Gasteiger partial charge in [0, 0.05) is 37.5 Å². The molecule has 0 unspecified atom stereocenters. The highest BCUT2D eigenvalue weighted by Gasteiger charge is 2.51. The van der Waals surface area contributed by atoms with Gasteiger partial charge in [0.15, 0.2) is 17.2 Å². The molecule has 30 heavy (non-hydrogen) atoms. The zero-order valence-electron chi connectivity index (χ0n) is 16.8. The maximum absolute atomic E-state index is 12.8. The van der Waals surface area contributed by atoms with Crippen LogP contribution in [0.15, 0.2) is 23.3 Å². The van der Waals surface area contributed by atoms with Crippen molar-refractivity contribution in [2.24, 2.45) is 0 Å². The molecular weight excluding hydrogens is 396 g/mol. The Balaban J connectivity index is 1.86. The van der Waals surface area contributed by atoms with E-state index in [1.165, 1.54) is 19.9 Å². The Bertz CT molecular complexity index is 879. The second-order valence-corrected chi connectivity index (χ2v) is 8.05. The predicted molar refractivity (Wildman–Crippen MR) is 103 cm³/mol. The molecule has 1 aliphatic heterocycles. The molecule has 0 spiro atoms. The van der Waals surface area contributed by atoms with Crippen molar-refractivity contribution in [2.75, 3.05) is 13.2 Å². The Hall–Kier alpha value is -2.46. The number of carbonyl (C=O) groups excluding carboxylic acids is 2. The summed E-state index contributed by atoms with van der Waals surface area (Å²) in [4.78, 5) is 25.5. The average Bonchev–Trinajstić information content (AvgIpc) is 2.64. The molecule has 0 amide bonds. The van der Waals surface area contributed by atoms with Crippen molar-refractivity contribution in [1.29, 1.82) is 0 Å². The third kappa shape index (κ3) is 4.06. The minimum atomic E-state index is -2.02. The Morgan fingerprint density at radius 2 is 2.00 bits per heavy atom. The van der Waals surface area contributed by atoms with Gasteiger partial charge in [-0.05, 0) is 31.9 Å². The van der Waals surface area contributed by atoms with Gasteiger partial charge >= 0.3 is 5.97 Å². The molecule has 0 radical (unpaired) electrons. The van der Waals surface area contributed by atoms with Crippen LogP contribution in [-0.2, 0) is 14.3 Å². The van der Waals surface area contributed by atoms with Gasteiger partial charge in [-0.3, -0.25) is 4.79 Å². The van der Waals surface area contributed by atoms with Crippen LogP contribution in [0.1, 0.15) is 48.5 Å². The first-order valence-corrected chi connectivity index (χ1v) is 9.67. The van der Waals surface area contributed by atoms with Gasteiger partial charge in [0.2, 0.25) is 0 Å². The summed E-state index contributed by atoms with van der Waals surface area (Å²) in [6, 6.07) is 2.27. The number of aryl methyl sites for hydroxylation is 1. The zero-order chi connectivity index (χ0) is 22.3. The van der Waals surface area contributed by atoms with Crippen LogP contribution in [0.25, 0.3) is 0 Å². The van der Waals surface area contributed by atoms with Crippen molar-refractivity contribution < 1.29 is 44.6 Å². The lowest BCUT2D eigenvalue weighted by atomic mass is 9.75. The van der Waals surface area contributed by atoms with Crippen LogP contribution in [0.5, 0.6) is 11.5 Å². The van der Waals surface area contributed by atoms with Crippen LogP contribution in [0.2, 0.25) is 0 Å². The summed E-state index contributed by atoms with van der Waals surface area (Å²) >= 11 is 0. The van der Waals surface area contributed by atoms with E-state index in [1.807, 2.05) is 0 Å². The summed E-state index contributed by atoms with van der Waals surface area (Å²) in [6.45, 7) is 2.43. The van der Waals surface area contributed by atoms with Gasteiger partial charge in [-0.25, -0.2) is 4.79 Å². The number of esters is 1. The molecule has 9 nitrogen and oxygen atoms in total. The predicted octanol–water partition coefficient (Wildman–Crippen LogP) is 0.833. The van der Waals surface area contributed by atoms with Crippen LogP contribution < -0.4 is 0 Å². The smallest absolute Gasteiger partial charge is 0.342 e. The van der Waals surface area contributed by atoms with E-state index in [4.69, 9.17) is 14.6 Å². The lowest BCUT2D eigenvalue weighted by molar-refractivity contribution is -0.212. The van der Waals surface area contributed by atoms with Gasteiger partial charge in [0.25, 0.3) is 0 Å². The monoisotopic (exact) mass is 422 g/mol. The normalized spacial score (nSPS) is 29.0. The van der Waals surface area contributed by atoms with Crippen LogP contribution in [0.4, 0.5) is 0 Å². The summed E-state index contributed by atoms with van der Waals surface area (Å²) in [5.74, 6) is -3.86. The molecule has 0 fully saturated rings. The van der Waals surface area contributed by atoms with Crippen LogP contribution in [-0.4, -0.2) is 68.0 Å². The molecule has 1 aromatic rings. The van der Waals surface area contributed by atoms with E-state index in [2.05, 4.69) is 0 Å². The number of aromatic hydroxyl groups is 2. The van der Waals surface area contributed by atoms with E-state index in [1.54, 1.807) is 0 Å². The number of benzene rings is 1. The molecule has 1 aliphatic carbocycles. The molecule has 3 rings (SSSR count). The first kappa shape index (κ1) is 22.2. The number of Topliss-reactive ketones (excluding diaryl/α,β-unsaturated/α-hetero) is 1. The largest absolute Gasteiger partial charge is 0.508 e. The van der Waals surface area contributed by atoms with E-state index in [0.717, 1.165) is 6.07 Å². The second kappa shape index (κ2) is 7.99. The molecule has 9 heteroatoms. The van der Waals surface area contributed by atoms with E-state index in [-0.39, 0.29) is 54.9 Å². The number of phenols is 2. The Kier molecular flexibility index (Phi) is 5.92. The molecule has 0 saturated heterocycles. The molecular formula is C21H26O9. The molecule has 0 aromatic heterocycles. The van der Waals surface area contributed by atoms with Crippen LogP contribution >= 0.6 is 0 Å². The number of aliphatic hydroxyl groups is 3. The fourth-order valence-corrected chi connectivity index (χ4v) is 3.97.